The molecule has 15 heavy (non-hydrogen) atoms. The number of hydrogen-bond acceptors (Lipinski definition) is 1. The number of hydrogen-bond donors (Lipinski definition) is 1. The van der Waals surface area contributed by atoms with Crippen LogP contribution in [-0.2, 0) is 0 Å². The third kappa shape index (κ3) is 1.99. The van der Waals surface area contributed by atoms with Gasteiger partial charge in [0.1, 0.15) is 5.38 Å². The van der Waals surface area contributed by atoms with Gasteiger partial charge in [0.25, 0.3) is 0 Å². The molecule has 1 atom stereocenters. The van der Waals surface area contributed by atoms with E-state index in [2.05, 4.69) is 10.2 Å². The number of rotatable bonds is 2. The van der Waals surface area contributed by atoms with Gasteiger partial charge in [-0.1, -0.05) is 6.07 Å². The van der Waals surface area contributed by atoms with Gasteiger partial charge in [-0.2, -0.15) is 5.10 Å². The molecule has 2 rings (SSSR count). The molecule has 1 heterocycles. The summed E-state index contributed by atoms with van der Waals surface area (Å²) in [6.45, 7) is 0. The first kappa shape index (κ1) is 10.1. The van der Waals surface area contributed by atoms with Crippen LogP contribution >= 0.6 is 11.6 Å². The summed E-state index contributed by atoms with van der Waals surface area (Å²) in [5.74, 6) is -1.79. The Bertz CT molecular complexity index is 456. The third-order valence-corrected chi connectivity index (χ3v) is 2.52. The van der Waals surface area contributed by atoms with E-state index in [9.17, 15) is 8.78 Å². The number of halogens is 3. The van der Waals surface area contributed by atoms with E-state index in [0.717, 1.165) is 12.1 Å². The van der Waals surface area contributed by atoms with Crippen molar-refractivity contribution in [1.29, 1.82) is 0 Å². The Kier molecular flexibility index (Phi) is 2.68. The first-order valence-electron chi connectivity index (χ1n) is 4.27. The second-order valence-corrected chi connectivity index (χ2v) is 3.48. The SMILES string of the molecule is Fc1ccc(C(Cl)c2ccn[nH]2)cc1F. The molecule has 0 saturated carbocycles. The van der Waals surface area contributed by atoms with Crippen molar-refractivity contribution < 1.29 is 8.78 Å². The Labute approximate surface area is 89.9 Å². The summed E-state index contributed by atoms with van der Waals surface area (Å²) in [7, 11) is 0. The summed E-state index contributed by atoms with van der Waals surface area (Å²) in [6, 6.07) is 5.25. The van der Waals surface area contributed by atoms with Crippen LogP contribution in [0.1, 0.15) is 16.6 Å². The molecule has 2 nitrogen and oxygen atoms in total. The lowest BCUT2D eigenvalue weighted by molar-refractivity contribution is 0.507. The fourth-order valence-electron chi connectivity index (χ4n) is 1.26. The highest BCUT2D eigenvalue weighted by Crippen LogP contribution is 2.27. The molecule has 0 fully saturated rings. The zero-order chi connectivity index (χ0) is 10.8. The van der Waals surface area contributed by atoms with E-state index in [0.29, 0.717) is 11.3 Å². The largest absolute Gasteiger partial charge is 0.281 e. The van der Waals surface area contributed by atoms with E-state index in [-0.39, 0.29) is 0 Å². The van der Waals surface area contributed by atoms with Crippen LogP contribution in [0.4, 0.5) is 8.78 Å². The van der Waals surface area contributed by atoms with Crippen LogP contribution in [0.2, 0.25) is 0 Å². The summed E-state index contributed by atoms with van der Waals surface area (Å²) in [6.07, 6.45) is 1.55. The summed E-state index contributed by atoms with van der Waals surface area (Å²) < 4.78 is 25.6. The zero-order valence-corrected chi connectivity index (χ0v) is 8.30. The topological polar surface area (TPSA) is 28.7 Å². The molecule has 2 aromatic rings. The highest BCUT2D eigenvalue weighted by atomic mass is 35.5. The van der Waals surface area contributed by atoms with E-state index >= 15 is 0 Å². The minimum atomic E-state index is -0.905. The van der Waals surface area contributed by atoms with Crippen molar-refractivity contribution in [2.24, 2.45) is 0 Å². The number of benzene rings is 1. The maximum atomic E-state index is 12.9. The molecule has 0 spiro atoms. The van der Waals surface area contributed by atoms with Crippen LogP contribution in [0.15, 0.2) is 30.5 Å². The molecule has 1 unspecified atom stereocenters. The van der Waals surface area contributed by atoms with Crippen molar-refractivity contribution in [3.05, 3.63) is 53.4 Å². The molecular formula is C10H7ClF2N2. The molecule has 0 bridgehead atoms. The average Bonchev–Trinajstić information content (AvgIpc) is 2.74. The van der Waals surface area contributed by atoms with Gasteiger partial charge in [0, 0.05) is 6.20 Å². The molecule has 78 valence electrons. The van der Waals surface area contributed by atoms with Crippen molar-refractivity contribution in [2.75, 3.05) is 0 Å². The lowest BCUT2D eigenvalue weighted by atomic mass is 10.1. The van der Waals surface area contributed by atoms with Gasteiger partial charge in [-0.3, -0.25) is 5.10 Å². The van der Waals surface area contributed by atoms with Crippen LogP contribution in [0.5, 0.6) is 0 Å². The smallest absolute Gasteiger partial charge is 0.159 e. The predicted molar refractivity (Wildman–Crippen MR) is 52.6 cm³/mol. The molecule has 1 aromatic carbocycles. The minimum Gasteiger partial charge on any atom is -0.281 e. The van der Waals surface area contributed by atoms with Crippen molar-refractivity contribution in [1.82, 2.24) is 10.2 Å². The van der Waals surface area contributed by atoms with Gasteiger partial charge in [0.2, 0.25) is 0 Å². The molecule has 0 saturated heterocycles. The van der Waals surface area contributed by atoms with E-state index < -0.39 is 17.0 Å². The van der Waals surface area contributed by atoms with Gasteiger partial charge in [-0.15, -0.1) is 11.6 Å². The van der Waals surface area contributed by atoms with E-state index in [1.54, 1.807) is 12.3 Å². The molecule has 1 aromatic heterocycles. The van der Waals surface area contributed by atoms with Gasteiger partial charge in [0.05, 0.1) is 5.69 Å². The number of aromatic amines is 1. The van der Waals surface area contributed by atoms with E-state index in [4.69, 9.17) is 11.6 Å². The second-order valence-electron chi connectivity index (χ2n) is 3.05. The van der Waals surface area contributed by atoms with Gasteiger partial charge in [-0.25, -0.2) is 8.78 Å². The monoisotopic (exact) mass is 228 g/mol. The molecule has 1 N–H and O–H groups in total. The Morgan fingerprint density at radius 3 is 2.60 bits per heavy atom. The first-order valence-corrected chi connectivity index (χ1v) is 4.70. The Balaban J connectivity index is 2.34. The third-order valence-electron chi connectivity index (χ3n) is 2.03. The molecule has 0 radical (unpaired) electrons. The molecular weight excluding hydrogens is 222 g/mol. The van der Waals surface area contributed by atoms with Crippen molar-refractivity contribution in [2.45, 2.75) is 5.38 Å². The normalized spacial score (nSPS) is 12.7. The van der Waals surface area contributed by atoms with Gasteiger partial charge in [0.15, 0.2) is 11.6 Å². The first-order chi connectivity index (χ1) is 7.18. The molecule has 0 aliphatic carbocycles. The quantitative estimate of drug-likeness (QED) is 0.787. The van der Waals surface area contributed by atoms with Crippen LogP contribution < -0.4 is 0 Å². The number of H-pyrrole nitrogens is 1. The molecule has 5 heteroatoms. The van der Waals surface area contributed by atoms with E-state index in [1.807, 2.05) is 0 Å². The molecule has 0 aliphatic rings. The van der Waals surface area contributed by atoms with Crippen LogP contribution in [0, 0.1) is 11.6 Å². The summed E-state index contributed by atoms with van der Waals surface area (Å²) in [5, 5.41) is 5.85. The van der Waals surface area contributed by atoms with Crippen LogP contribution in [-0.4, -0.2) is 10.2 Å². The summed E-state index contributed by atoms with van der Waals surface area (Å²) in [5.41, 5.74) is 1.13. The number of nitrogens with one attached hydrogen (secondary N) is 1. The van der Waals surface area contributed by atoms with Crippen molar-refractivity contribution in [3.63, 3.8) is 0 Å². The van der Waals surface area contributed by atoms with Gasteiger partial charge < -0.3 is 0 Å². The standard InChI is InChI=1S/C10H7ClF2N2/c11-10(9-3-4-14-15-9)6-1-2-7(12)8(13)5-6/h1-5,10H,(H,14,15). The zero-order valence-electron chi connectivity index (χ0n) is 7.55. The lowest BCUT2D eigenvalue weighted by Crippen LogP contribution is -1.96. The maximum Gasteiger partial charge on any atom is 0.159 e. The van der Waals surface area contributed by atoms with Crippen LogP contribution in [0.3, 0.4) is 0 Å². The summed E-state index contributed by atoms with van der Waals surface area (Å²) >= 11 is 6.04. The van der Waals surface area contributed by atoms with Gasteiger partial charge >= 0.3 is 0 Å². The highest BCUT2D eigenvalue weighted by molar-refractivity contribution is 6.22. The number of nitrogens with zero attached hydrogens (tertiary/aromatic N) is 1. The summed E-state index contributed by atoms with van der Waals surface area (Å²) in [4.78, 5) is 0. The highest BCUT2D eigenvalue weighted by Gasteiger charge is 2.14. The Morgan fingerprint density at radius 1 is 1.20 bits per heavy atom. The Morgan fingerprint density at radius 2 is 2.00 bits per heavy atom. The number of alkyl halides is 1. The van der Waals surface area contributed by atoms with Crippen molar-refractivity contribution >= 4 is 11.6 Å². The maximum absolute atomic E-state index is 12.9. The number of aromatic nitrogens is 2. The molecule has 0 amide bonds. The Hall–Kier alpha value is -1.42. The average molecular weight is 229 g/mol. The minimum absolute atomic E-state index is 0.486. The van der Waals surface area contributed by atoms with Gasteiger partial charge in [-0.05, 0) is 23.8 Å². The second kappa shape index (κ2) is 3.98. The lowest BCUT2D eigenvalue weighted by Gasteiger charge is -2.07. The van der Waals surface area contributed by atoms with E-state index in [1.165, 1.54) is 6.07 Å². The predicted octanol–water partition coefficient (Wildman–Crippen LogP) is 3.02. The fraction of sp³-hybridized carbons (Fsp3) is 0.100. The fourth-order valence-corrected chi connectivity index (χ4v) is 1.51. The van der Waals surface area contributed by atoms with Crippen LogP contribution in [0.25, 0.3) is 0 Å². The van der Waals surface area contributed by atoms with Crippen molar-refractivity contribution in [3.8, 4) is 0 Å². The molecule has 0 aliphatic heterocycles.